The van der Waals surface area contributed by atoms with Crippen LogP contribution in [0.5, 0.6) is 0 Å². The summed E-state index contributed by atoms with van der Waals surface area (Å²) in [5.41, 5.74) is 1.34. The van der Waals surface area contributed by atoms with Gasteiger partial charge in [-0.15, -0.1) is 0 Å². The standard InChI is InChI=1S/C14H20N2O3/c1-10-8-16(9-11(17)7-15-10)13-6-4-3-5-12(13)14(18)19-2/h3-6,10-11,15,17H,7-9H2,1-2H3. The Morgan fingerprint density at radius 2 is 2.16 bits per heavy atom. The van der Waals surface area contributed by atoms with Gasteiger partial charge < -0.3 is 20.1 Å². The number of carbonyl (C=O) groups excluding carboxylic acids is 1. The molecule has 1 heterocycles. The second kappa shape index (κ2) is 6.04. The smallest absolute Gasteiger partial charge is 0.339 e. The Labute approximate surface area is 113 Å². The SMILES string of the molecule is COC(=O)c1ccccc1N1CC(O)CNC(C)C1. The Bertz CT molecular complexity index is 438. The van der Waals surface area contributed by atoms with E-state index in [0.717, 1.165) is 12.2 Å². The Balaban J connectivity index is 2.31. The molecule has 1 fully saturated rings. The van der Waals surface area contributed by atoms with Crippen molar-refractivity contribution in [1.82, 2.24) is 5.32 Å². The summed E-state index contributed by atoms with van der Waals surface area (Å²) >= 11 is 0. The summed E-state index contributed by atoms with van der Waals surface area (Å²) < 4.78 is 4.81. The van der Waals surface area contributed by atoms with E-state index in [4.69, 9.17) is 4.74 Å². The van der Waals surface area contributed by atoms with Gasteiger partial charge in [0.2, 0.25) is 0 Å². The number of hydrogen-bond acceptors (Lipinski definition) is 5. The predicted octanol–water partition coefficient (Wildman–Crippen LogP) is 0.632. The van der Waals surface area contributed by atoms with E-state index in [1.807, 2.05) is 23.1 Å². The van der Waals surface area contributed by atoms with Gasteiger partial charge >= 0.3 is 5.97 Å². The second-order valence-corrected chi connectivity index (χ2v) is 4.88. The highest BCUT2D eigenvalue weighted by molar-refractivity contribution is 5.95. The van der Waals surface area contributed by atoms with Crippen molar-refractivity contribution in [2.45, 2.75) is 19.1 Å². The molecule has 5 heteroatoms. The van der Waals surface area contributed by atoms with Crippen molar-refractivity contribution >= 4 is 11.7 Å². The molecule has 0 aliphatic carbocycles. The number of para-hydroxylation sites is 1. The van der Waals surface area contributed by atoms with Crippen molar-refractivity contribution in [3.8, 4) is 0 Å². The number of esters is 1. The second-order valence-electron chi connectivity index (χ2n) is 4.88. The third-order valence-electron chi connectivity index (χ3n) is 3.28. The van der Waals surface area contributed by atoms with Gasteiger partial charge in [-0.1, -0.05) is 12.1 Å². The number of rotatable bonds is 2. The number of ether oxygens (including phenoxy) is 1. The van der Waals surface area contributed by atoms with E-state index in [9.17, 15) is 9.90 Å². The Kier molecular flexibility index (Phi) is 4.39. The Morgan fingerprint density at radius 1 is 1.42 bits per heavy atom. The van der Waals surface area contributed by atoms with E-state index in [1.54, 1.807) is 6.07 Å². The lowest BCUT2D eigenvalue weighted by Crippen LogP contribution is -2.36. The van der Waals surface area contributed by atoms with Gasteiger partial charge in [-0.25, -0.2) is 4.79 Å². The molecule has 0 radical (unpaired) electrons. The lowest BCUT2D eigenvalue weighted by atomic mass is 10.1. The number of nitrogens with one attached hydrogen (secondary N) is 1. The van der Waals surface area contributed by atoms with Crippen LogP contribution in [0.3, 0.4) is 0 Å². The molecule has 104 valence electrons. The summed E-state index contributed by atoms with van der Waals surface area (Å²) in [5.74, 6) is -0.352. The van der Waals surface area contributed by atoms with Crippen LogP contribution in [0.25, 0.3) is 0 Å². The predicted molar refractivity (Wildman–Crippen MR) is 73.5 cm³/mol. The molecule has 0 amide bonds. The fraction of sp³-hybridized carbons (Fsp3) is 0.500. The van der Waals surface area contributed by atoms with Gasteiger partial charge in [0.15, 0.2) is 0 Å². The normalized spacial score (nSPS) is 23.8. The van der Waals surface area contributed by atoms with E-state index >= 15 is 0 Å². The number of methoxy groups -OCH3 is 1. The summed E-state index contributed by atoms with van der Waals surface area (Å²) in [6.45, 7) is 3.88. The first-order chi connectivity index (χ1) is 9.11. The molecular formula is C14H20N2O3. The van der Waals surface area contributed by atoms with Crippen LogP contribution in [0.15, 0.2) is 24.3 Å². The fourth-order valence-electron chi connectivity index (χ4n) is 2.35. The highest BCUT2D eigenvalue weighted by Crippen LogP contribution is 2.22. The van der Waals surface area contributed by atoms with E-state index in [-0.39, 0.29) is 12.0 Å². The number of aliphatic hydroxyl groups excluding tert-OH is 1. The molecule has 2 unspecified atom stereocenters. The Hall–Kier alpha value is -1.59. The van der Waals surface area contributed by atoms with Crippen LogP contribution < -0.4 is 10.2 Å². The number of β-amino-alcohol motifs (C(OH)–C–C–N with tert-alkyl or cyclic N) is 1. The third kappa shape index (κ3) is 3.24. The van der Waals surface area contributed by atoms with Crippen LogP contribution in [-0.4, -0.2) is 50.0 Å². The van der Waals surface area contributed by atoms with Crippen molar-refractivity contribution < 1.29 is 14.6 Å². The molecule has 5 nitrogen and oxygen atoms in total. The number of benzene rings is 1. The zero-order valence-electron chi connectivity index (χ0n) is 11.3. The number of nitrogens with zero attached hydrogens (tertiary/aromatic N) is 1. The first-order valence-corrected chi connectivity index (χ1v) is 6.45. The molecule has 0 saturated carbocycles. The van der Waals surface area contributed by atoms with Crippen LogP contribution >= 0.6 is 0 Å². The highest BCUT2D eigenvalue weighted by Gasteiger charge is 2.23. The molecule has 0 bridgehead atoms. The van der Waals surface area contributed by atoms with Crippen molar-refractivity contribution in [3.63, 3.8) is 0 Å². The summed E-state index contributed by atoms with van der Waals surface area (Å²) in [5, 5.41) is 13.2. The average Bonchev–Trinajstić information content (AvgIpc) is 2.59. The van der Waals surface area contributed by atoms with Gasteiger partial charge in [-0.2, -0.15) is 0 Å². The van der Waals surface area contributed by atoms with Gasteiger partial charge in [-0.05, 0) is 19.1 Å². The van der Waals surface area contributed by atoms with Gasteiger partial charge in [0.05, 0.1) is 24.5 Å². The van der Waals surface area contributed by atoms with Crippen molar-refractivity contribution in [3.05, 3.63) is 29.8 Å². The quantitative estimate of drug-likeness (QED) is 0.767. The maximum absolute atomic E-state index is 11.8. The molecule has 1 aliphatic heterocycles. The molecule has 2 N–H and O–H groups in total. The number of hydrogen-bond donors (Lipinski definition) is 2. The number of aliphatic hydroxyl groups is 1. The average molecular weight is 264 g/mol. The topological polar surface area (TPSA) is 61.8 Å². The van der Waals surface area contributed by atoms with E-state index in [1.165, 1.54) is 7.11 Å². The number of anilines is 1. The molecular weight excluding hydrogens is 244 g/mol. The van der Waals surface area contributed by atoms with Crippen LogP contribution in [-0.2, 0) is 4.74 Å². The van der Waals surface area contributed by atoms with E-state index in [2.05, 4.69) is 12.2 Å². The minimum Gasteiger partial charge on any atom is -0.465 e. The van der Waals surface area contributed by atoms with Gasteiger partial charge in [0.25, 0.3) is 0 Å². The summed E-state index contributed by atoms with van der Waals surface area (Å²) in [7, 11) is 1.38. The van der Waals surface area contributed by atoms with Crippen molar-refractivity contribution in [2.24, 2.45) is 0 Å². The molecule has 2 atom stereocenters. The maximum atomic E-state index is 11.8. The molecule has 0 aromatic heterocycles. The fourth-order valence-corrected chi connectivity index (χ4v) is 2.35. The minimum absolute atomic E-state index is 0.253. The lowest BCUT2D eigenvalue weighted by Gasteiger charge is -2.27. The van der Waals surface area contributed by atoms with Gasteiger partial charge in [-0.3, -0.25) is 0 Å². The summed E-state index contributed by atoms with van der Waals surface area (Å²) in [6, 6.07) is 7.58. The van der Waals surface area contributed by atoms with Crippen LogP contribution in [0, 0.1) is 0 Å². The lowest BCUT2D eigenvalue weighted by molar-refractivity contribution is 0.0601. The highest BCUT2D eigenvalue weighted by atomic mass is 16.5. The van der Waals surface area contributed by atoms with E-state index < -0.39 is 6.10 Å². The third-order valence-corrected chi connectivity index (χ3v) is 3.28. The Morgan fingerprint density at radius 3 is 2.89 bits per heavy atom. The van der Waals surface area contributed by atoms with Gasteiger partial charge in [0.1, 0.15) is 0 Å². The molecule has 1 aromatic carbocycles. The molecule has 19 heavy (non-hydrogen) atoms. The zero-order chi connectivity index (χ0) is 13.8. The number of carbonyl (C=O) groups is 1. The zero-order valence-corrected chi connectivity index (χ0v) is 11.3. The van der Waals surface area contributed by atoms with Gasteiger partial charge in [0, 0.05) is 25.7 Å². The minimum atomic E-state index is -0.448. The molecule has 1 aromatic rings. The van der Waals surface area contributed by atoms with Crippen LogP contribution in [0.1, 0.15) is 17.3 Å². The van der Waals surface area contributed by atoms with Crippen molar-refractivity contribution in [2.75, 3.05) is 31.6 Å². The van der Waals surface area contributed by atoms with Crippen molar-refractivity contribution in [1.29, 1.82) is 0 Å². The maximum Gasteiger partial charge on any atom is 0.339 e. The first-order valence-electron chi connectivity index (χ1n) is 6.45. The monoisotopic (exact) mass is 264 g/mol. The molecule has 0 spiro atoms. The first kappa shape index (κ1) is 13.8. The largest absolute Gasteiger partial charge is 0.465 e. The molecule has 1 aliphatic rings. The summed E-state index contributed by atoms with van der Waals surface area (Å²) in [4.78, 5) is 13.8. The molecule has 1 saturated heterocycles. The van der Waals surface area contributed by atoms with Crippen LogP contribution in [0.4, 0.5) is 5.69 Å². The van der Waals surface area contributed by atoms with Crippen LogP contribution in [0.2, 0.25) is 0 Å². The summed E-state index contributed by atoms with van der Waals surface area (Å²) in [6.07, 6.45) is -0.448. The van der Waals surface area contributed by atoms with E-state index in [0.29, 0.717) is 18.7 Å². The molecule has 2 rings (SSSR count).